The van der Waals surface area contributed by atoms with Crippen molar-refractivity contribution < 1.29 is 28.2 Å². The van der Waals surface area contributed by atoms with Crippen molar-refractivity contribution in [2.75, 3.05) is 24.7 Å². The highest BCUT2D eigenvalue weighted by molar-refractivity contribution is 7.17. The number of carbonyl (C=O) groups excluding carboxylic acids is 2. The molecule has 0 aliphatic carbocycles. The van der Waals surface area contributed by atoms with E-state index in [1.807, 2.05) is 6.92 Å². The highest BCUT2D eigenvalue weighted by Gasteiger charge is 2.45. The Kier molecular flexibility index (Phi) is 7.52. The molecule has 5 rings (SSSR count). The summed E-state index contributed by atoms with van der Waals surface area (Å²) < 4.78 is 22.8. The van der Waals surface area contributed by atoms with Crippen LogP contribution in [-0.4, -0.2) is 36.7 Å². The number of carbonyl (C=O) groups is 2. The molecule has 10 heteroatoms. The Balaban J connectivity index is 1.71. The summed E-state index contributed by atoms with van der Waals surface area (Å²) >= 11 is 1.00. The van der Waals surface area contributed by atoms with Gasteiger partial charge >= 0.3 is 5.97 Å². The van der Waals surface area contributed by atoms with Crippen LogP contribution in [0.4, 0.5) is 5.13 Å². The van der Waals surface area contributed by atoms with Gasteiger partial charge in [-0.25, -0.2) is 9.78 Å². The van der Waals surface area contributed by atoms with Crippen LogP contribution in [-0.2, 0) is 4.74 Å². The van der Waals surface area contributed by atoms with Gasteiger partial charge in [0.05, 0.1) is 29.3 Å². The van der Waals surface area contributed by atoms with Gasteiger partial charge in [0.25, 0.3) is 5.91 Å². The fourth-order valence-electron chi connectivity index (χ4n) is 4.54. The maximum absolute atomic E-state index is 13.9. The largest absolute Gasteiger partial charge is 0.490 e. The monoisotopic (exact) mass is 558 g/mol. The molecular formula is C30H26N2O7S. The molecule has 2 aromatic heterocycles. The molecule has 40 heavy (non-hydrogen) atoms. The molecule has 0 saturated heterocycles. The fraction of sp³-hybridized carbons (Fsp3) is 0.200. The first-order valence-electron chi connectivity index (χ1n) is 12.5. The van der Waals surface area contributed by atoms with Crippen molar-refractivity contribution in [3.63, 3.8) is 0 Å². The number of hydrogen-bond donors (Lipinski definition) is 0. The average Bonchev–Trinajstić information content (AvgIpc) is 3.48. The number of nitrogens with zero attached hydrogens (tertiary/aromatic N) is 2. The van der Waals surface area contributed by atoms with E-state index in [0.29, 0.717) is 40.3 Å². The van der Waals surface area contributed by atoms with E-state index in [2.05, 4.69) is 18.1 Å². The number of fused-ring (bicyclic) bond motifs is 2. The summed E-state index contributed by atoms with van der Waals surface area (Å²) in [6.07, 6.45) is 3.09. The van der Waals surface area contributed by atoms with Gasteiger partial charge < -0.3 is 18.6 Å². The first kappa shape index (κ1) is 26.9. The molecule has 0 saturated carbocycles. The number of thiazole rings is 1. The maximum atomic E-state index is 13.9. The molecule has 0 spiro atoms. The van der Waals surface area contributed by atoms with Gasteiger partial charge in [0.15, 0.2) is 22.1 Å². The van der Waals surface area contributed by atoms with E-state index in [0.717, 1.165) is 11.3 Å². The van der Waals surface area contributed by atoms with E-state index in [9.17, 15) is 14.4 Å². The SMILES string of the molecule is C=CCOC(=O)c1sc(N2C(=O)c3oc4ccccc4c(=O)c3C2c2ccc(OCC=C)c(OCC)c2)nc1C. The number of aryl methyl sites for hydroxylation is 1. The maximum Gasteiger partial charge on any atom is 0.350 e. The summed E-state index contributed by atoms with van der Waals surface area (Å²) in [4.78, 5) is 46.6. The van der Waals surface area contributed by atoms with Crippen molar-refractivity contribution in [2.45, 2.75) is 19.9 Å². The Morgan fingerprint density at radius 3 is 2.62 bits per heavy atom. The second kappa shape index (κ2) is 11.2. The standard InChI is InChI=1S/C30H26N2O7S/c1-5-14-37-21-13-12-18(16-22(21)36-7-3)24-23-25(33)19-10-8-9-11-20(19)39-26(23)28(34)32(24)30-31-17(4)27(40-30)29(35)38-15-6-2/h5-6,8-13,16,24H,1-2,7,14-15H2,3-4H3. The number of ether oxygens (including phenoxy) is 3. The molecule has 4 aromatic rings. The summed E-state index contributed by atoms with van der Waals surface area (Å²) in [6, 6.07) is 11.1. The van der Waals surface area contributed by atoms with Crippen LogP contribution in [0.5, 0.6) is 11.5 Å². The van der Waals surface area contributed by atoms with Crippen LogP contribution >= 0.6 is 11.3 Å². The van der Waals surface area contributed by atoms with Crippen LogP contribution in [0.15, 0.2) is 77.0 Å². The Morgan fingerprint density at radius 2 is 1.88 bits per heavy atom. The molecule has 0 fully saturated rings. The summed E-state index contributed by atoms with van der Waals surface area (Å²) in [5.41, 5.74) is 1.11. The molecule has 1 aliphatic rings. The minimum absolute atomic E-state index is 0.0354. The van der Waals surface area contributed by atoms with Crippen molar-refractivity contribution in [3.05, 3.63) is 105 Å². The first-order valence-corrected chi connectivity index (χ1v) is 13.4. The minimum atomic E-state index is -0.904. The second-order valence-corrected chi connectivity index (χ2v) is 9.76. The zero-order chi connectivity index (χ0) is 28.4. The summed E-state index contributed by atoms with van der Waals surface area (Å²) in [5, 5.41) is 0.568. The van der Waals surface area contributed by atoms with Gasteiger partial charge in [-0.05, 0) is 43.7 Å². The molecular weight excluding hydrogens is 532 g/mol. The van der Waals surface area contributed by atoms with Gasteiger partial charge in [0.1, 0.15) is 23.7 Å². The Labute approximate surface area is 233 Å². The molecule has 2 aromatic carbocycles. The summed E-state index contributed by atoms with van der Waals surface area (Å²) in [7, 11) is 0. The zero-order valence-corrected chi connectivity index (χ0v) is 22.8. The smallest absolute Gasteiger partial charge is 0.350 e. The lowest BCUT2D eigenvalue weighted by atomic mass is 9.98. The average molecular weight is 559 g/mol. The van der Waals surface area contributed by atoms with Crippen molar-refractivity contribution in [1.29, 1.82) is 0 Å². The van der Waals surface area contributed by atoms with E-state index < -0.39 is 17.9 Å². The van der Waals surface area contributed by atoms with E-state index in [1.54, 1.807) is 55.5 Å². The summed E-state index contributed by atoms with van der Waals surface area (Å²) in [6.45, 7) is 11.4. The minimum Gasteiger partial charge on any atom is -0.490 e. The number of amides is 1. The van der Waals surface area contributed by atoms with Crippen LogP contribution < -0.4 is 19.8 Å². The summed E-state index contributed by atoms with van der Waals surface area (Å²) in [5.74, 6) is -0.277. The lowest BCUT2D eigenvalue weighted by molar-refractivity contribution is 0.0554. The highest BCUT2D eigenvalue weighted by atomic mass is 32.1. The lowest BCUT2D eigenvalue weighted by Gasteiger charge is -2.23. The van der Waals surface area contributed by atoms with Crippen molar-refractivity contribution in [1.82, 2.24) is 4.98 Å². The lowest BCUT2D eigenvalue weighted by Crippen LogP contribution is -2.29. The second-order valence-electron chi connectivity index (χ2n) is 8.78. The van der Waals surface area contributed by atoms with E-state index in [4.69, 9.17) is 18.6 Å². The number of benzene rings is 2. The van der Waals surface area contributed by atoms with Crippen molar-refractivity contribution in [3.8, 4) is 11.5 Å². The molecule has 3 heterocycles. The van der Waals surface area contributed by atoms with Crippen LogP contribution in [0.2, 0.25) is 0 Å². The Hall–Kier alpha value is -4.70. The van der Waals surface area contributed by atoms with E-state index in [1.165, 1.54) is 11.0 Å². The highest BCUT2D eigenvalue weighted by Crippen LogP contribution is 2.45. The number of esters is 1. The van der Waals surface area contributed by atoms with Crippen LogP contribution in [0.1, 0.15) is 50.0 Å². The molecule has 0 radical (unpaired) electrons. The van der Waals surface area contributed by atoms with Crippen LogP contribution in [0.25, 0.3) is 11.0 Å². The molecule has 204 valence electrons. The number of hydrogen-bond acceptors (Lipinski definition) is 9. The predicted molar refractivity (Wildman–Crippen MR) is 152 cm³/mol. The normalized spacial score (nSPS) is 14.2. The molecule has 1 amide bonds. The fourth-order valence-corrected chi connectivity index (χ4v) is 5.53. The van der Waals surface area contributed by atoms with Gasteiger partial charge in [0.2, 0.25) is 5.76 Å². The van der Waals surface area contributed by atoms with Gasteiger partial charge in [-0.1, -0.05) is 54.8 Å². The van der Waals surface area contributed by atoms with E-state index in [-0.39, 0.29) is 40.0 Å². The molecule has 9 nitrogen and oxygen atoms in total. The number of aromatic nitrogens is 1. The van der Waals surface area contributed by atoms with Gasteiger partial charge in [-0.2, -0.15) is 0 Å². The molecule has 0 N–H and O–H groups in total. The quantitative estimate of drug-likeness (QED) is 0.182. The van der Waals surface area contributed by atoms with E-state index >= 15 is 0 Å². The third-order valence-corrected chi connectivity index (χ3v) is 7.36. The van der Waals surface area contributed by atoms with Crippen LogP contribution in [0, 0.1) is 6.92 Å². The topological polar surface area (TPSA) is 108 Å². The van der Waals surface area contributed by atoms with Gasteiger partial charge in [-0.3, -0.25) is 14.5 Å². The van der Waals surface area contributed by atoms with Crippen molar-refractivity contribution in [2.24, 2.45) is 0 Å². The zero-order valence-electron chi connectivity index (χ0n) is 22.0. The Bertz CT molecular complexity index is 1700. The molecule has 1 unspecified atom stereocenters. The third kappa shape index (κ3) is 4.66. The number of para-hydroxylation sites is 1. The van der Waals surface area contributed by atoms with Crippen LogP contribution in [0.3, 0.4) is 0 Å². The molecule has 0 bridgehead atoms. The number of rotatable bonds is 10. The third-order valence-electron chi connectivity index (χ3n) is 6.23. The molecule has 1 aliphatic heterocycles. The Morgan fingerprint density at radius 1 is 1.10 bits per heavy atom. The van der Waals surface area contributed by atoms with Gasteiger partial charge in [0, 0.05) is 0 Å². The number of anilines is 1. The predicted octanol–water partition coefficient (Wildman–Crippen LogP) is 5.61. The molecule has 1 atom stereocenters. The first-order chi connectivity index (χ1) is 19.4. The van der Waals surface area contributed by atoms with Crippen molar-refractivity contribution >= 4 is 39.3 Å². The van der Waals surface area contributed by atoms with Gasteiger partial charge in [-0.15, -0.1) is 0 Å².